The summed E-state index contributed by atoms with van der Waals surface area (Å²) in [6.45, 7) is 0.382. The van der Waals surface area contributed by atoms with Crippen molar-refractivity contribution in [2.75, 3.05) is 13.2 Å². The van der Waals surface area contributed by atoms with Crippen molar-refractivity contribution in [3.8, 4) is 0 Å². The third-order valence-corrected chi connectivity index (χ3v) is 2.02. The molecule has 1 fully saturated rings. The van der Waals surface area contributed by atoms with Crippen LogP contribution >= 0.6 is 12.4 Å². The molecule has 0 spiro atoms. The average molecular weight is 182 g/mol. The molecule has 1 rings (SSSR count). The molecule has 1 heterocycles. The lowest BCUT2D eigenvalue weighted by molar-refractivity contribution is 0.158. The van der Waals surface area contributed by atoms with Gasteiger partial charge in [-0.1, -0.05) is 6.42 Å². The number of nitrogens with one attached hydrogen (secondary N) is 1. The van der Waals surface area contributed by atoms with E-state index in [2.05, 4.69) is 5.32 Å². The number of aliphatic hydroxyl groups excluding tert-OH is 2. The number of piperidine rings is 1. The summed E-state index contributed by atoms with van der Waals surface area (Å²) in [4.78, 5) is 0. The normalized spacial score (nSPS) is 31.1. The van der Waals surface area contributed by atoms with E-state index in [0.29, 0.717) is 0 Å². The van der Waals surface area contributed by atoms with Gasteiger partial charge < -0.3 is 15.5 Å². The van der Waals surface area contributed by atoms with Crippen molar-refractivity contribution >= 4 is 12.4 Å². The van der Waals surface area contributed by atoms with Crippen LogP contribution in [0.1, 0.15) is 19.3 Å². The van der Waals surface area contributed by atoms with Gasteiger partial charge >= 0.3 is 0 Å². The summed E-state index contributed by atoms with van der Waals surface area (Å²) in [6, 6.07) is 0.428. The molecule has 3 N–H and O–H groups in total. The second-order valence-corrected chi connectivity index (χ2v) is 2.86. The summed E-state index contributed by atoms with van der Waals surface area (Å²) >= 11 is 0. The standard InChI is InChI=1S/C7H15NO2.ClH/c9-4-6-2-1-3-7(5-10)8-6;/h6-10H,1-5H2;1H. The Morgan fingerprint density at radius 3 is 1.91 bits per heavy atom. The maximum atomic E-state index is 8.76. The summed E-state index contributed by atoms with van der Waals surface area (Å²) in [5.74, 6) is 0. The first-order chi connectivity index (χ1) is 4.86. The molecule has 2 unspecified atom stereocenters. The molecule has 4 heteroatoms. The van der Waals surface area contributed by atoms with E-state index in [-0.39, 0.29) is 37.7 Å². The zero-order chi connectivity index (χ0) is 7.40. The van der Waals surface area contributed by atoms with Gasteiger partial charge in [-0.05, 0) is 12.8 Å². The van der Waals surface area contributed by atoms with Crippen molar-refractivity contribution in [2.45, 2.75) is 31.3 Å². The van der Waals surface area contributed by atoms with Crippen molar-refractivity contribution in [1.29, 1.82) is 0 Å². The summed E-state index contributed by atoms with van der Waals surface area (Å²) in [5.41, 5.74) is 0. The number of aliphatic hydroxyl groups is 2. The van der Waals surface area contributed by atoms with Gasteiger partial charge in [-0.15, -0.1) is 12.4 Å². The van der Waals surface area contributed by atoms with Crippen LogP contribution in [-0.2, 0) is 0 Å². The maximum Gasteiger partial charge on any atom is 0.0584 e. The van der Waals surface area contributed by atoms with Gasteiger partial charge in [0.15, 0.2) is 0 Å². The van der Waals surface area contributed by atoms with Crippen LogP contribution in [0.5, 0.6) is 0 Å². The quantitative estimate of drug-likeness (QED) is 0.558. The maximum absolute atomic E-state index is 8.76. The lowest BCUT2D eigenvalue weighted by atomic mass is 10.00. The van der Waals surface area contributed by atoms with Gasteiger partial charge in [0.05, 0.1) is 13.2 Å². The molecule has 0 aromatic carbocycles. The summed E-state index contributed by atoms with van der Waals surface area (Å²) < 4.78 is 0. The van der Waals surface area contributed by atoms with Crippen molar-refractivity contribution in [1.82, 2.24) is 5.32 Å². The third kappa shape index (κ3) is 3.38. The van der Waals surface area contributed by atoms with E-state index >= 15 is 0 Å². The Morgan fingerprint density at radius 1 is 1.09 bits per heavy atom. The van der Waals surface area contributed by atoms with Gasteiger partial charge in [-0.2, -0.15) is 0 Å². The van der Waals surface area contributed by atoms with Gasteiger partial charge in [0.2, 0.25) is 0 Å². The van der Waals surface area contributed by atoms with E-state index in [1.165, 1.54) is 0 Å². The van der Waals surface area contributed by atoms with Crippen LogP contribution in [0.3, 0.4) is 0 Å². The number of halogens is 1. The van der Waals surface area contributed by atoms with Crippen LogP contribution in [0, 0.1) is 0 Å². The van der Waals surface area contributed by atoms with Crippen molar-refractivity contribution in [3.05, 3.63) is 0 Å². The Labute approximate surface area is 73.2 Å². The summed E-state index contributed by atoms with van der Waals surface area (Å²) in [5, 5.41) is 20.7. The third-order valence-electron chi connectivity index (χ3n) is 2.02. The molecule has 0 amide bonds. The molecule has 68 valence electrons. The van der Waals surface area contributed by atoms with Crippen LogP contribution in [0.15, 0.2) is 0 Å². The van der Waals surface area contributed by atoms with E-state index in [1.807, 2.05) is 0 Å². The van der Waals surface area contributed by atoms with Gasteiger partial charge in [-0.3, -0.25) is 0 Å². The fourth-order valence-electron chi connectivity index (χ4n) is 1.40. The largest absolute Gasteiger partial charge is 0.395 e. The molecule has 3 nitrogen and oxygen atoms in total. The van der Waals surface area contributed by atoms with Crippen LogP contribution in [0.4, 0.5) is 0 Å². The van der Waals surface area contributed by atoms with E-state index in [1.54, 1.807) is 0 Å². The predicted octanol–water partition coefficient (Wildman–Crippen LogP) is -0.0965. The fourth-order valence-corrected chi connectivity index (χ4v) is 1.40. The lowest BCUT2D eigenvalue weighted by Crippen LogP contribution is -2.45. The topological polar surface area (TPSA) is 52.5 Å². The van der Waals surface area contributed by atoms with Crippen molar-refractivity contribution < 1.29 is 10.2 Å². The van der Waals surface area contributed by atoms with E-state index < -0.39 is 0 Å². The fraction of sp³-hybridized carbons (Fsp3) is 1.00. The van der Waals surface area contributed by atoms with Crippen LogP contribution in [0.25, 0.3) is 0 Å². The summed E-state index contributed by atoms with van der Waals surface area (Å²) in [7, 11) is 0. The molecule has 0 saturated carbocycles. The molecular formula is C7H16ClNO2. The number of hydrogen-bond donors (Lipinski definition) is 3. The first kappa shape index (κ1) is 11.2. The Hall–Kier alpha value is 0.170. The molecule has 1 aliphatic heterocycles. The molecule has 1 aliphatic rings. The van der Waals surface area contributed by atoms with Crippen molar-refractivity contribution in [3.63, 3.8) is 0 Å². The first-order valence-electron chi connectivity index (χ1n) is 3.84. The van der Waals surface area contributed by atoms with Gasteiger partial charge in [0.25, 0.3) is 0 Å². The van der Waals surface area contributed by atoms with E-state index in [0.717, 1.165) is 19.3 Å². The monoisotopic (exact) mass is 181 g/mol. The minimum atomic E-state index is 0. The molecule has 11 heavy (non-hydrogen) atoms. The van der Waals surface area contributed by atoms with E-state index in [4.69, 9.17) is 10.2 Å². The Morgan fingerprint density at radius 2 is 1.55 bits per heavy atom. The zero-order valence-electron chi connectivity index (χ0n) is 6.49. The Kier molecular flexibility index (Phi) is 5.86. The molecule has 0 aromatic heterocycles. The molecule has 0 bridgehead atoms. The second kappa shape index (κ2) is 5.77. The van der Waals surface area contributed by atoms with Crippen molar-refractivity contribution in [2.24, 2.45) is 0 Å². The highest BCUT2D eigenvalue weighted by molar-refractivity contribution is 5.85. The highest BCUT2D eigenvalue weighted by atomic mass is 35.5. The van der Waals surface area contributed by atoms with Gasteiger partial charge in [0.1, 0.15) is 0 Å². The van der Waals surface area contributed by atoms with Gasteiger partial charge in [0, 0.05) is 12.1 Å². The molecular weight excluding hydrogens is 166 g/mol. The minimum absolute atomic E-state index is 0. The first-order valence-corrected chi connectivity index (χ1v) is 3.84. The van der Waals surface area contributed by atoms with Crippen LogP contribution in [-0.4, -0.2) is 35.5 Å². The predicted molar refractivity (Wildman–Crippen MR) is 46.0 cm³/mol. The highest BCUT2D eigenvalue weighted by Crippen LogP contribution is 2.11. The molecule has 0 aromatic rings. The highest BCUT2D eigenvalue weighted by Gasteiger charge is 2.18. The number of hydrogen-bond acceptors (Lipinski definition) is 3. The summed E-state index contributed by atoms with van der Waals surface area (Å²) in [6.07, 6.45) is 3.18. The minimum Gasteiger partial charge on any atom is -0.395 e. The smallest absolute Gasteiger partial charge is 0.0584 e. The molecule has 1 saturated heterocycles. The van der Waals surface area contributed by atoms with Crippen LogP contribution in [0.2, 0.25) is 0 Å². The second-order valence-electron chi connectivity index (χ2n) is 2.86. The Balaban J connectivity index is 0.000001000. The molecule has 0 aliphatic carbocycles. The van der Waals surface area contributed by atoms with Crippen LogP contribution < -0.4 is 5.32 Å². The Bertz CT molecular complexity index is 92.4. The van der Waals surface area contributed by atoms with Gasteiger partial charge in [-0.25, -0.2) is 0 Å². The molecule has 0 radical (unpaired) electrons. The molecule has 2 atom stereocenters. The SMILES string of the molecule is Cl.OCC1CCCC(CO)N1. The van der Waals surface area contributed by atoms with E-state index in [9.17, 15) is 0 Å². The number of rotatable bonds is 2. The lowest BCUT2D eigenvalue weighted by Gasteiger charge is -2.28. The zero-order valence-corrected chi connectivity index (χ0v) is 7.31. The average Bonchev–Trinajstić information content (AvgIpc) is 2.05.